The van der Waals surface area contributed by atoms with Crippen LogP contribution in [0.15, 0.2) is 48.5 Å². The Kier molecular flexibility index (Phi) is 6.68. The molecular formula is C22H23Cl2N3O3. The van der Waals surface area contributed by atoms with E-state index in [0.29, 0.717) is 28.5 Å². The fourth-order valence-corrected chi connectivity index (χ4v) is 4.03. The number of nitrogens with one attached hydrogen (secondary N) is 2. The van der Waals surface area contributed by atoms with Crippen molar-refractivity contribution in [1.29, 1.82) is 0 Å². The fraction of sp³-hybridized carbons (Fsp3) is 0.318. The highest BCUT2D eigenvalue weighted by Crippen LogP contribution is 2.26. The lowest BCUT2D eigenvalue weighted by atomic mass is 9.93. The van der Waals surface area contributed by atoms with E-state index < -0.39 is 29.4 Å². The smallest absolute Gasteiger partial charge is 0.325 e. The van der Waals surface area contributed by atoms with Gasteiger partial charge in [0.05, 0.1) is 6.04 Å². The van der Waals surface area contributed by atoms with Gasteiger partial charge >= 0.3 is 6.03 Å². The molecule has 0 unspecified atom stereocenters. The lowest BCUT2D eigenvalue weighted by Crippen LogP contribution is -2.45. The van der Waals surface area contributed by atoms with Gasteiger partial charge in [-0.2, -0.15) is 0 Å². The van der Waals surface area contributed by atoms with Gasteiger partial charge in [0.15, 0.2) is 0 Å². The molecule has 0 radical (unpaired) electrons. The van der Waals surface area contributed by atoms with Crippen LogP contribution in [0.5, 0.6) is 0 Å². The van der Waals surface area contributed by atoms with Crippen LogP contribution in [0.2, 0.25) is 10.0 Å². The molecule has 8 heteroatoms. The van der Waals surface area contributed by atoms with Gasteiger partial charge in [0.25, 0.3) is 5.91 Å². The first kappa shape index (κ1) is 22.1. The summed E-state index contributed by atoms with van der Waals surface area (Å²) in [5.74, 6) is -0.861. The monoisotopic (exact) mass is 447 g/mol. The molecule has 0 spiro atoms. The summed E-state index contributed by atoms with van der Waals surface area (Å²) < 4.78 is 0. The third-order valence-electron chi connectivity index (χ3n) is 5.21. The number of carbonyl (C=O) groups is 3. The average molecular weight is 448 g/mol. The molecule has 1 aliphatic heterocycles. The van der Waals surface area contributed by atoms with Crippen LogP contribution in [-0.2, 0) is 16.0 Å². The fourth-order valence-electron chi connectivity index (χ4n) is 3.46. The summed E-state index contributed by atoms with van der Waals surface area (Å²) in [6.45, 7) is 3.09. The Bertz CT molecular complexity index is 967. The Morgan fingerprint density at radius 1 is 1.17 bits per heavy atom. The number of urea groups is 1. The van der Waals surface area contributed by atoms with E-state index in [1.165, 1.54) is 0 Å². The lowest BCUT2D eigenvalue weighted by molar-refractivity contribution is -0.134. The Balaban J connectivity index is 1.61. The summed E-state index contributed by atoms with van der Waals surface area (Å²) in [5.41, 5.74) is 0.725. The molecule has 2 N–H and O–H groups in total. The zero-order valence-corrected chi connectivity index (χ0v) is 18.3. The lowest BCUT2D eigenvalue weighted by Gasteiger charge is -2.22. The van der Waals surface area contributed by atoms with Crippen LogP contribution in [0.4, 0.5) is 4.79 Å². The Labute approximate surface area is 185 Å². The first-order chi connectivity index (χ1) is 14.2. The summed E-state index contributed by atoms with van der Waals surface area (Å²) in [7, 11) is 0. The third-order valence-corrected chi connectivity index (χ3v) is 5.77. The second-order valence-corrected chi connectivity index (χ2v) is 8.44. The number of rotatable bonds is 7. The van der Waals surface area contributed by atoms with Gasteiger partial charge in [-0.25, -0.2) is 4.79 Å². The van der Waals surface area contributed by atoms with Gasteiger partial charge in [0.1, 0.15) is 12.1 Å². The molecule has 4 amide bonds. The number of hydrogen-bond acceptors (Lipinski definition) is 3. The molecule has 6 nitrogen and oxygen atoms in total. The first-order valence-electron chi connectivity index (χ1n) is 9.62. The van der Waals surface area contributed by atoms with Crippen LogP contribution in [0.3, 0.4) is 0 Å². The number of hydrogen-bond donors (Lipinski definition) is 2. The van der Waals surface area contributed by atoms with Gasteiger partial charge < -0.3 is 10.6 Å². The molecule has 1 saturated heterocycles. The van der Waals surface area contributed by atoms with Crippen molar-refractivity contribution in [3.63, 3.8) is 0 Å². The minimum absolute atomic E-state index is 0.360. The van der Waals surface area contributed by atoms with E-state index in [0.717, 1.165) is 10.5 Å². The van der Waals surface area contributed by atoms with Crippen LogP contribution in [-0.4, -0.2) is 34.8 Å². The van der Waals surface area contributed by atoms with E-state index in [1.54, 1.807) is 32.0 Å². The Morgan fingerprint density at radius 3 is 2.53 bits per heavy atom. The van der Waals surface area contributed by atoms with Crippen molar-refractivity contribution in [2.24, 2.45) is 0 Å². The molecule has 0 aliphatic carbocycles. The van der Waals surface area contributed by atoms with Gasteiger partial charge in [-0.3, -0.25) is 14.5 Å². The maximum Gasteiger partial charge on any atom is 0.325 e. The molecule has 2 aromatic carbocycles. The Hall–Kier alpha value is -2.57. The molecule has 2 atom stereocenters. The molecule has 158 valence electrons. The Morgan fingerprint density at radius 2 is 1.87 bits per heavy atom. The van der Waals surface area contributed by atoms with E-state index in [2.05, 4.69) is 10.6 Å². The summed E-state index contributed by atoms with van der Waals surface area (Å²) in [4.78, 5) is 38.7. The molecule has 1 aliphatic rings. The topological polar surface area (TPSA) is 78.5 Å². The maximum absolute atomic E-state index is 12.9. The number of benzene rings is 2. The van der Waals surface area contributed by atoms with Crippen LogP contribution in [0.25, 0.3) is 0 Å². The first-order valence-corrected chi connectivity index (χ1v) is 10.4. The van der Waals surface area contributed by atoms with E-state index in [4.69, 9.17) is 23.2 Å². The van der Waals surface area contributed by atoms with Crippen molar-refractivity contribution in [2.45, 2.75) is 38.3 Å². The second-order valence-electron chi connectivity index (χ2n) is 7.59. The molecule has 1 fully saturated rings. The molecule has 30 heavy (non-hydrogen) atoms. The normalized spacial score (nSPS) is 19.5. The van der Waals surface area contributed by atoms with E-state index in [9.17, 15) is 14.4 Å². The van der Waals surface area contributed by atoms with Crippen molar-refractivity contribution >= 4 is 41.0 Å². The van der Waals surface area contributed by atoms with Crippen LogP contribution in [0.1, 0.15) is 37.4 Å². The third kappa shape index (κ3) is 4.94. The highest BCUT2D eigenvalue weighted by molar-refractivity contribution is 6.35. The van der Waals surface area contributed by atoms with Crippen LogP contribution < -0.4 is 10.6 Å². The number of halogens is 2. The van der Waals surface area contributed by atoms with Gasteiger partial charge in [-0.1, -0.05) is 59.6 Å². The molecule has 0 bridgehead atoms. The van der Waals surface area contributed by atoms with Crippen molar-refractivity contribution in [3.05, 3.63) is 69.7 Å². The molecule has 2 aromatic rings. The highest BCUT2D eigenvalue weighted by Gasteiger charge is 2.47. The predicted molar refractivity (Wildman–Crippen MR) is 116 cm³/mol. The van der Waals surface area contributed by atoms with Crippen molar-refractivity contribution in [1.82, 2.24) is 15.5 Å². The van der Waals surface area contributed by atoms with Gasteiger partial charge in [-0.05, 0) is 49.9 Å². The number of imide groups is 1. The molecule has 3 rings (SSSR count). The van der Waals surface area contributed by atoms with E-state index in [1.807, 2.05) is 30.3 Å². The van der Waals surface area contributed by atoms with Crippen LogP contribution in [0, 0.1) is 0 Å². The number of nitrogens with zero attached hydrogens (tertiary/aromatic N) is 1. The minimum Gasteiger partial charge on any atom is -0.348 e. The average Bonchev–Trinajstić information content (AvgIpc) is 2.90. The van der Waals surface area contributed by atoms with Gasteiger partial charge in [0.2, 0.25) is 5.91 Å². The number of aryl methyl sites for hydroxylation is 1. The zero-order chi connectivity index (χ0) is 21.9. The SMILES string of the molecule is C[C@H](NC(=O)CN1C(=O)N[C@@](C)(CCc2ccccc2)C1=O)c1ccc(Cl)cc1Cl. The van der Waals surface area contributed by atoms with Gasteiger partial charge in [0, 0.05) is 10.0 Å². The van der Waals surface area contributed by atoms with Gasteiger partial charge in [-0.15, -0.1) is 0 Å². The summed E-state index contributed by atoms with van der Waals surface area (Å²) in [6, 6.07) is 13.7. The quantitative estimate of drug-likeness (QED) is 0.626. The summed E-state index contributed by atoms with van der Waals surface area (Å²) >= 11 is 12.1. The van der Waals surface area contributed by atoms with Crippen LogP contribution >= 0.6 is 23.2 Å². The molecule has 0 saturated carbocycles. The standard InChI is InChI=1S/C22H23Cl2N3O3/c1-14(17-9-8-16(23)12-18(17)24)25-19(28)13-27-20(29)22(2,26-21(27)30)11-10-15-6-4-3-5-7-15/h3-9,12,14H,10-11,13H2,1-2H3,(H,25,28)(H,26,30)/t14-,22-/m0/s1. The summed E-state index contributed by atoms with van der Waals surface area (Å²) in [6.07, 6.45) is 1.08. The van der Waals surface area contributed by atoms with Crippen molar-refractivity contribution in [3.8, 4) is 0 Å². The minimum atomic E-state index is -1.04. The molecule has 1 heterocycles. The summed E-state index contributed by atoms with van der Waals surface area (Å²) in [5, 5.41) is 6.42. The maximum atomic E-state index is 12.9. The largest absolute Gasteiger partial charge is 0.348 e. The highest BCUT2D eigenvalue weighted by atomic mass is 35.5. The molecule has 0 aromatic heterocycles. The number of amides is 4. The van der Waals surface area contributed by atoms with E-state index in [-0.39, 0.29) is 6.54 Å². The van der Waals surface area contributed by atoms with Crippen molar-refractivity contribution in [2.75, 3.05) is 6.54 Å². The zero-order valence-electron chi connectivity index (χ0n) is 16.7. The van der Waals surface area contributed by atoms with Crippen molar-refractivity contribution < 1.29 is 14.4 Å². The second kappa shape index (κ2) is 9.06. The van der Waals surface area contributed by atoms with E-state index >= 15 is 0 Å². The number of carbonyl (C=O) groups excluding carboxylic acids is 3. The predicted octanol–water partition coefficient (Wildman–Crippen LogP) is 4.11. The molecular weight excluding hydrogens is 425 g/mol.